The molecule has 0 amide bonds. The topological polar surface area (TPSA) is 73.9 Å². The Morgan fingerprint density at radius 3 is 2.28 bits per heavy atom. The van der Waals surface area contributed by atoms with Crippen molar-refractivity contribution in [2.24, 2.45) is 0 Å². The molecule has 0 bridgehead atoms. The molecule has 0 aliphatic rings. The Hall–Kier alpha value is -2.12. The van der Waals surface area contributed by atoms with E-state index in [2.05, 4.69) is 4.72 Å². The van der Waals surface area contributed by atoms with E-state index >= 15 is 0 Å². The van der Waals surface area contributed by atoms with Gasteiger partial charge in [0.1, 0.15) is 17.2 Å². The minimum Gasteiger partial charge on any atom is -0.495 e. The quantitative estimate of drug-likeness (QED) is 0.744. The fourth-order valence-electron chi connectivity index (χ4n) is 2.14. The van der Waals surface area contributed by atoms with Crippen molar-refractivity contribution in [2.75, 3.05) is 25.0 Å². The van der Waals surface area contributed by atoms with Crippen LogP contribution in [0.25, 0.3) is 0 Å². The third-order valence-electron chi connectivity index (χ3n) is 3.24. The van der Waals surface area contributed by atoms with E-state index in [0.29, 0.717) is 36.1 Å². The summed E-state index contributed by atoms with van der Waals surface area (Å²) >= 11 is 6.02. The molecule has 2 aromatic carbocycles. The van der Waals surface area contributed by atoms with Crippen LogP contribution in [0, 0.1) is 0 Å². The number of benzene rings is 2. The van der Waals surface area contributed by atoms with E-state index < -0.39 is 10.0 Å². The lowest BCUT2D eigenvalue weighted by Gasteiger charge is -2.15. The summed E-state index contributed by atoms with van der Waals surface area (Å²) in [5.41, 5.74) is 0.291. The standard InChI is InChI=1S/C17H20ClNO5S/c1-4-23-12-6-8-17(24-5-2)15(10-12)19-25(20,21)13-7-9-16(22-3)14(18)11-13/h6-11,19H,4-5H2,1-3H3. The van der Waals surface area contributed by atoms with Gasteiger partial charge in [0.15, 0.2) is 0 Å². The average Bonchev–Trinajstić information content (AvgIpc) is 2.57. The minimum absolute atomic E-state index is 0.0163. The second-order valence-corrected chi connectivity index (χ2v) is 7.02. The monoisotopic (exact) mass is 385 g/mol. The van der Waals surface area contributed by atoms with E-state index in [1.807, 2.05) is 13.8 Å². The van der Waals surface area contributed by atoms with Crippen molar-refractivity contribution in [3.05, 3.63) is 41.4 Å². The van der Waals surface area contributed by atoms with Crippen LogP contribution in [0.2, 0.25) is 5.02 Å². The van der Waals surface area contributed by atoms with E-state index in [1.165, 1.54) is 25.3 Å². The normalized spacial score (nSPS) is 11.0. The smallest absolute Gasteiger partial charge is 0.262 e. The van der Waals surface area contributed by atoms with E-state index in [1.54, 1.807) is 18.2 Å². The highest BCUT2D eigenvalue weighted by molar-refractivity contribution is 7.92. The minimum atomic E-state index is -3.86. The van der Waals surface area contributed by atoms with Crippen molar-refractivity contribution in [3.63, 3.8) is 0 Å². The van der Waals surface area contributed by atoms with Crippen LogP contribution in [-0.2, 0) is 10.0 Å². The first kappa shape index (κ1) is 19.2. The number of sulfonamides is 1. The Bertz CT molecular complexity index is 839. The van der Waals surface area contributed by atoms with Crippen LogP contribution in [0.15, 0.2) is 41.3 Å². The molecule has 0 heterocycles. The fraction of sp³-hybridized carbons (Fsp3) is 0.294. The number of anilines is 1. The van der Waals surface area contributed by atoms with E-state index in [9.17, 15) is 8.42 Å². The maximum atomic E-state index is 12.7. The number of hydrogen-bond acceptors (Lipinski definition) is 5. The zero-order valence-electron chi connectivity index (χ0n) is 14.2. The van der Waals surface area contributed by atoms with Gasteiger partial charge in [0.25, 0.3) is 10.0 Å². The van der Waals surface area contributed by atoms with Crippen LogP contribution in [0.1, 0.15) is 13.8 Å². The van der Waals surface area contributed by atoms with E-state index in [4.69, 9.17) is 25.8 Å². The molecular formula is C17H20ClNO5S. The number of methoxy groups -OCH3 is 1. The Morgan fingerprint density at radius 2 is 1.68 bits per heavy atom. The molecule has 0 radical (unpaired) electrons. The third-order valence-corrected chi connectivity index (χ3v) is 4.90. The Kier molecular flexibility index (Phi) is 6.39. The van der Waals surface area contributed by atoms with Gasteiger partial charge in [0.2, 0.25) is 0 Å². The van der Waals surface area contributed by atoms with Crippen molar-refractivity contribution >= 4 is 27.3 Å². The van der Waals surface area contributed by atoms with Crippen LogP contribution in [0.5, 0.6) is 17.2 Å². The SMILES string of the molecule is CCOc1ccc(OCC)c(NS(=O)(=O)c2ccc(OC)c(Cl)c2)c1. The van der Waals surface area contributed by atoms with E-state index in [-0.39, 0.29) is 9.92 Å². The molecule has 0 saturated carbocycles. The molecule has 0 fully saturated rings. The van der Waals surface area contributed by atoms with E-state index in [0.717, 1.165) is 0 Å². The van der Waals surface area contributed by atoms with Gasteiger partial charge in [-0.15, -0.1) is 0 Å². The summed E-state index contributed by atoms with van der Waals surface area (Å²) in [6, 6.07) is 9.20. The van der Waals surface area contributed by atoms with Crippen LogP contribution < -0.4 is 18.9 Å². The van der Waals surface area contributed by atoms with Crippen molar-refractivity contribution in [1.29, 1.82) is 0 Å². The van der Waals surface area contributed by atoms with Crippen molar-refractivity contribution in [1.82, 2.24) is 0 Å². The summed E-state index contributed by atoms with van der Waals surface area (Å²) in [5, 5.41) is 0.207. The van der Waals surface area contributed by atoms with Gasteiger partial charge in [-0.25, -0.2) is 8.42 Å². The first-order chi connectivity index (χ1) is 11.9. The van der Waals surface area contributed by atoms with Crippen molar-refractivity contribution in [2.45, 2.75) is 18.7 Å². The number of ether oxygens (including phenoxy) is 3. The fourth-order valence-corrected chi connectivity index (χ4v) is 3.55. The first-order valence-electron chi connectivity index (χ1n) is 7.67. The van der Waals surface area contributed by atoms with Crippen molar-refractivity contribution in [3.8, 4) is 17.2 Å². The zero-order chi connectivity index (χ0) is 18.4. The number of rotatable bonds is 8. The Morgan fingerprint density at radius 1 is 1.00 bits per heavy atom. The lowest BCUT2D eigenvalue weighted by molar-refractivity contribution is 0.332. The maximum absolute atomic E-state index is 12.7. The molecule has 0 spiro atoms. The third kappa shape index (κ3) is 4.70. The predicted octanol–water partition coefficient (Wildman–Crippen LogP) is 3.95. The van der Waals surface area contributed by atoms with Gasteiger partial charge in [-0.3, -0.25) is 4.72 Å². The molecular weight excluding hydrogens is 366 g/mol. The number of hydrogen-bond donors (Lipinski definition) is 1. The second-order valence-electron chi connectivity index (χ2n) is 4.93. The Labute approximate surface area is 152 Å². The van der Waals surface area contributed by atoms with Gasteiger partial charge in [-0.2, -0.15) is 0 Å². The maximum Gasteiger partial charge on any atom is 0.262 e. The van der Waals surface area contributed by atoms with Gasteiger partial charge in [-0.1, -0.05) is 11.6 Å². The molecule has 0 unspecified atom stereocenters. The molecule has 25 heavy (non-hydrogen) atoms. The molecule has 0 aliphatic heterocycles. The van der Waals surface area contributed by atoms with Gasteiger partial charge in [0.05, 0.1) is 35.9 Å². The Balaban J connectivity index is 2.38. The summed E-state index contributed by atoms with van der Waals surface area (Å²) in [6.45, 7) is 4.53. The summed E-state index contributed by atoms with van der Waals surface area (Å²) < 4.78 is 43.8. The number of nitrogens with one attached hydrogen (secondary N) is 1. The molecule has 2 rings (SSSR count). The summed E-state index contributed by atoms with van der Waals surface area (Å²) in [4.78, 5) is 0.0163. The molecule has 8 heteroatoms. The highest BCUT2D eigenvalue weighted by Crippen LogP contribution is 2.33. The lowest BCUT2D eigenvalue weighted by Crippen LogP contribution is -2.14. The molecule has 136 valence electrons. The van der Waals surface area contributed by atoms with Gasteiger partial charge in [0, 0.05) is 6.07 Å². The largest absolute Gasteiger partial charge is 0.495 e. The van der Waals surface area contributed by atoms with Crippen LogP contribution >= 0.6 is 11.6 Å². The van der Waals surface area contributed by atoms with Gasteiger partial charge >= 0.3 is 0 Å². The van der Waals surface area contributed by atoms with Crippen LogP contribution in [0.4, 0.5) is 5.69 Å². The molecule has 1 N–H and O–H groups in total. The predicted molar refractivity (Wildman–Crippen MR) is 97.6 cm³/mol. The van der Waals surface area contributed by atoms with Crippen LogP contribution in [0.3, 0.4) is 0 Å². The molecule has 0 aromatic heterocycles. The zero-order valence-corrected chi connectivity index (χ0v) is 15.8. The molecule has 0 aliphatic carbocycles. The first-order valence-corrected chi connectivity index (χ1v) is 9.53. The number of halogens is 1. The summed E-state index contributed by atoms with van der Waals surface area (Å²) in [7, 11) is -2.40. The second kappa shape index (κ2) is 8.31. The van der Waals surface area contributed by atoms with Crippen LogP contribution in [-0.4, -0.2) is 28.7 Å². The summed E-state index contributed by atoms with van der Waals surface area (Å²) in [6.07, 6.45) is 0. The van der Waals surface area contributed by atoms with Crippen molar-refractivity contribution < 1.29 is 22.6 Å². The van der Waals surface area contributed by atoms with Gasteiger partial charge < -0.3 is 14.2 Å². The average molecular weight is 386 g/mol. The molecule has 6 nitrogen and oxygen atoms in total. The lowest BCUT2D eigenvalue weighted by atomic mass is 10.3. The molecule has 0 atom stereocenters. The molecule has 2 aromatic rings. The highest BCUT2D eigenvalue weighted by atomic mass is 35.5. The van der Waals surface area contributed by atoms with Gasteiger partial charge in [-0.05, 0) is 44.2 Å². The molecule has 0 saturated heterocycles. The summed E-state index contributed by atoms with van der Waals surface area (Å²) in [5.74, 6) is 1.35. The highest BCUT2D eigenvalue weighted by Gasteiger charge is 2.19.